The van der Waals surface area contributed by atoms with Gasteiger partial charge in [-0.2, -0.15) is 0 Å². The number of rotatable bonds is 5. The third-order valence-corrected chi connectivity index (χ3v) is 2.71. The van der Waals surface area contributed by atoms with E-state index in [-0.39, 0.29) is 17.4 Å². The standard InChI is InChI=1S/C15H23NO3/c1-10(16-15(2,3)4)14(17)11-7-8-12(18-5)13(9-11)19-6/h7-10,16H,1-6H3. The van der Waals surface area contributed by atoms with E-state index in [2.05, 4.69) is 5.32 Å². The van der Waals surface area contributed by atoms with E-state index in [0.29, 0.717) is 17.1 Å². The van der Waals surface area contributed by atoms with Crippen LogP contribution in [0.15, 0.2) is 18.2 Å². The van der Waals surface area contributed by atoms with Crippen LogP contribution in [-0.4, -0.2) is 31.6 Å². The van der Waals surface area contributed by atoms with Crippen LogP contribution in [0.3, 0.4) is 0 Å². The van der Waals surface area contributed by atoms with Crippen molar-refractivity contribution in [2.45, 2.75) is 39.3 Å². The van der Waals surface area contributed by atoms with Crippen molar-refractivity contribution in [3.05, 3.63) is 23.8 Å². The van der Waals surface area contributed by atoms with Gasteiger partial charge in [-0.3, -0.25) is 4.79 Å². The molecule has 0 saturated heterocycles. The Bertz CT molecular complexity index is 449. The number of ether oxygens (including phenoxy) is 2. The SMILES string of the molecule is COc1ccc(C(=O)C(C)NC(C)(C)C)cc1OC. The van der Waals surface area contributed by atoms with Gasteiger partial charge in [-0.05, 0) is 45.9 Å². The average Bonchev–Trinajstić information content (AvgIpc) is 2.34. The highest BCUT2D eigenvalue weighted by Gasteiger charge is 2.21. The number of hydrogen-bond donors (Lipinski definition) is 1. The molecule has 1 atom stereocenters. The number of carbonyl (C=O) groups excluding carboxylic acids is 1. The Morgan fingerprint density at radius 2 is 1.74 bits per heavy atom. The molecule has 0 aliphatic carbocycles. The van der Waals surface area contributed by atoms with Crippen molar-refractivity contribution < 1.29 is 14.3 Å². The fraction of sp³-hybridized carbons (Fsp3) is 0.533. The maximum atomic E-state index is 12.3. The number of nitrogens with one attached hydrogen (secondary N) is 1. The number of hydrogen-bond acceptors (Lipinski definition) is 4. The first-order chi connectivity index (χ1) is 8.78. The quantitative estimate of drug-likeness (QED) is 0.831. The lowest BCUT2D eigenvalue weighted by Crippen LogP contribution is -2.46. The van der Waals surface area contributed by atoms with Gasteiger partial charge in [-0.1, -0.05) is 0 Å². The Labute approximate surface area is 115 Å². The highest BCUT2D eigenvalue weighted by atomic mass is 16.5. The van der Waals surface area contributed by atoms with Crippen LogP contribution in [0.25, 0.3) is 0 Å². The van der Waals surface area contributed by atoms with Crippen LogP contribution in [0.4, 0.5) is 0 Å². The zero-order valence-electron chi connectivity index (χ0n) is 12.5. The van der Waals surface area contributed by atoms with E-state index in [1.165, 1.54) is 0 Å². The van der Waals surface area contributed by atoms with Gasteiger partial charge in [0.05, 0.1) is 20.3 Å². The molecule has 0 saturated carbocycles. The lowest BCUT2D eigenvalue weighted by Gasteiger charge is -2.25. The van der Waals surface area contributed by atoms with E-state index in [4.69, 9.17) is 9.47 Å². The van der Waals surface area contributed by atoms with Gasteiger partial charge in [0.1, 0.15) is 0 Å². The molecule has 0 amide bonds. The fourth-order valence-corrected chi connectivity index (χ4v) is 1.95. The van der Waals surface area contributed by atoms with E-state index >= 15 is 0 Å². The van der Waals surface area contributed by atoms with Gasteiger partial charge in [0, 0.05) is 11.1 Å². The average molecular weight is 265 g/mol. The summed E-state index contributed by atoms with van der Waals surface area (Å²) in [5, 5.41) is 3.26. The van der Waals surface area contributed by atoms with Crippen LogP contribution in [-0.2, 0) is 0 Å². The first kappa shape index (κ1) is 15.5. The van der Waals surface area contributed by atoms with Gasteiger partial charge in [0.25, 0.3) is 0 Å². The minimum Gasteiger partial charge on any atom is -0.493 e. The predicted molar refractivity (Wildman–Crippen MR) is 76.2 cm³/mol. The Hall–Kier alpha value is -1.55. The second kappa shape index (κ2) is 6.06. The Kier molecular flexibility index (Phi) is 4.95. The molecule has 0 radical (unpaired) electrons. The summed E-state index contributed by atoms with van der Waals surface area (Å²) >= 11 is 0. The predicted octanol–water partition coefficient (Wildman–Crippen LogP) is 2.66. The van der Waals surface area contributed by atoms with E-state index in [9.17, 15) is 4.79 Å². The molecule has 0 fully saturated rings. The van der Waals surface area contributed by atoms with Gasteiger partial charge in [-0.15, -0.1) is 0 Å². The minimum absolute atomic E-state index is 0.0379. The van der Waals surface area contributed by atoms with Crippen molar-refractivity contribution in [3.8, 4) is 11.5 Å². The topological polar surface area (TPSA) is 47.6 Å². The molecule has 1 aromatic rings. The molecule has 4 heteroatoms. The summed E-state index contributed by atoms with van der Waals surface area (Å²) < 4.78 is 10.4. The van der Waals surface area contributed by atoms with Crippen molar-refractivity contribution >= 4 is 5.78 Å². The van der Waals surface area contributed by atoms with Crippen LogP contribution < -0.4 is 14.8 Å². The molecule has 1 unspecified atom stereocenters. The van der Waals surface area contributed by atoms with Crippen LogP contribution in [0, 0.1) is 0 Å². The highest BCUT2D eigenvalue weighted by Crippen LogP contribution is 2.28. The molecular weight excluding hydrogens is 242 g/mol. The summed E-state index contributed by atoms with van der Waals surface area (Å²) in [4.78, 5) is 12.3. The number of ketones is 1. The van der Waals surface area contributed by atoms with E-state index in [1.54, 1.807) is 32.4 Å². The number of methoxy groups -OCH3 is 2. The van der Waals surface area contributed by atoms with E-state index in [1.807, 2.05) is 27.7 Å². The maximum absolute atomic E-state index is 12.3. The number of Topliss-reactive ketones (excluding diaryl/α,β-unsaturated/α-hetero) is 1. The van der Waals surface area contributed by atoms with Gasteiger partial charge in [-0.25, -0.2) is 0 Å². The molecule has 1 N–H and O–H groups in total. The Morgan fingerprint density at radius 3 is 2.21 bits per heavy atom. The molecule has 0 aliphatic rings. The Morgan fingerprint density at radius 1 is 1.16 bits per heavy atom. The maximum Gasteiger partial charge on any atom is 0.179 e. The molecule has 0 spiro atoms. The first-order valence-electron chi connectivity index (χ1n) is 6.32. The van der Waals surface area contributed by atoms with E-state index < -0.39 is 0 Å². The number of carbonyl (C=O) groups is 1. The minimum atomic E-state index is -0.252. The lowest BCUT2D eigenvalue weighted by molar-refractivity contribution is 0.0935. The van der Waals surface area contributed by atoms with Gasteiger partial charge in [0.15, 0.2) is 17.3 Å². The first-order valence-corrected chi connectivity index (χ1v) is 6.32. The Balaban J connectivity index is 2.94. The summed E-state index contributed by atoms with van der Waals surface area (Å²) in [6, 6.07) is 4.96. The molecule has 0 aromatic heterocycles. The molecule has 106 valence electrons. The van der Waals surface area contributed by atoms with Gasteiger partial charge >= 0.3 is 0 Å². The molecule has 0 aliphatic heterocycles. The molecule has 1 aromatic carbocycles. The lowest BCUT2D eigenvalue weighted by atomic mass is 10.0. The zero-order chi connectivity index (χ0) is 14.6. The molecular formula is C15H23NO3. The monoisotopic (exact) mass is 265 g/mol. The summed E-state index contributed by atoms with van der Waals surface area (Å²) in [7, 11) is 3.13. The van der Waals surface area contributed by atoms with Gasteiger partial charge < -0.3 is 14.8 Å². The van der Waals surface area contributed by atoms with Crippen molar-refractivity contribution in [2.24, 2.45) is 0 Å². The zero-order valence-corrected chi connectivity index (χ0v) is 12.5. The second-order valence-electron chi connectivity index (χ2n) is 5.55. The fourth-order valence-electron chi connectivity index (χ4n) is 1.95. The van der Waals surface area contributed by atoms with E-state index in [0.717, 1.165) is 0 Å². The van der Waals surface area contributed by atoms with Crippen molar-refractivity contribution in [1.82, 2.24) is 5.32 Å². The molecule has 1 rings (SSSR count). The molecule has 4 nitrogen and oxygen atoms in total. The molecule has 0 bridgehead atoms. The van der Waals surface area contributed by atoms with Crippen molar-refractivity contribution in [1.29, 1.82) is 0 Å². The third kappa shape index (κ3) is 4.24. The van der Waals surface area contributed by atoms with Crippen molar-refractivity contribution in [2.75, 3.05) is 14.2 Å². The summed E-state index contributed by atoms with van der Waals surface area (Å²) in [5.74, 6) is 1.22. The summed E-state index contributed by atoms with van der Waals surface area (Å²) in [5.41, 5.74) is 0.507. The van der Waals surface area contributed by atoms with Crippen LogP contribution in [0.1, 0.15) is 38.1 Å². The summed E-state index contributed by atoms with van der Waals surface area (Å²) in [6.07, 6.45) is 0. The largest absolute Gasteiger partial charge is 0.493 e. The molecule has 19 heavy (non-hydrogen) atoms. The van der Waals surface area contributed by atoms with Crippen molar-refractivity contribution in [3.63, 3.8) is 0 Å². The normalized spacial score (nSPS) is 12.9. The third-order valence-electron chi connectivity index (χ3n) is 2.71. The summed E-state index contributed by atoms with van der Waals surface area (Å²) in [6.45, 7) is 7.96. The molecule has 0 heterocycles. The van der Waals surface area contributed by atoms with Crippen LogP contribution >= 0.6 is 0 Å². The van der Waals surface area contributed by atoms with Crippen LogP contribution in [0.2, 0.25) is 0 Å². The number of benzene rings is 1. The smallest absolute Gasteiger partial charge is 0.179 e. The second-order valence-corrected chi connectivity index (χ2v) is 5.55. The van der Waals surface area contributed by atoms with Gasteiger partial charge in [0.2, 0.25) is 0 Å². The van der Waals surface area contributed by atoms with Crippen LogP contribution in [0.5, 0.6) is 11.5 Å². The highest BCUT2D eigenvalue weighted by molar-refractivity contribution is 6.00.